The smallest absolute Gasteiger partial charge is 0.308 e. The molecule has 1 N–H and O–H groups in total. The molecule has 0 spiro atoms. The number of esters is 2. The second-order valence-electron chi connectivity index (χ2n) is 14.5. The van der Waals surface area contributed by atoms with Crippen LogP contribution in [0.1, 0.15) is 228 Å². The molecule has 1 atom stereocenters. The van der Waals surface area contributed by atoms with Gasteiger partial charge in [-0.25, -0.2) is 0 Å². The molecule has 0 aliphatic heterocycles. The van der Waals surface area contributed by atoms with E-state index in [1.807, 2.05) is 6.92 Å². The average Bonchev–Trinajstić information content (AvgIpc) is 3.13. The maximum Gasteiger partial charge on any atom is 0.308 e. The summed E-state index contributed by atoms with van der Waals surface area (Å²) in [5, 5.41) is 9.07. The summed E-state index contributed by atoms with van der Waals surface area (Å²) in [5.74, 6) is -0.0347. The molecule has 302 valence electrons. The number of aliphatic hydroxyl groups is 1. The van der Waals surface area contributed by atoms with Crippen molar-refractivity contribution in [3.05, 3.63) is 0 Å². The third-order valence-corrected chi connectivity index (χ3v) is 9.21. The Bertz CT molecular complexity index is 638. The van der Waals surface area contributed by atoms with Crippen LogP contribution in [0.25, 0.3) is 0 Å². The van der Waals surface area contributed by atoms with E-state index in [9.17, 15) is 9.59 Å². The molecule has 0 aliphatic rings. The molecule has 0 saturated heterocycles. The number of rotatable bonds is 35. The molecule has 0 fully saturated rings. The monoisotopic (exact) mass is 714 g/mol. The Hall–Kier alpha value is -1.14. The van der Waals surface area contributed by atoms with Gasteiger partial charge in [-0.3, -0.25) is 9.59 Å². The molecule has 0 aliphatic carbocycles. The van der Waals surface area contributed by atoms with Gasteiger partial charge in [0.2, 0.25) is 0 Å². The molecule has 0 radical (unpaired) electrons. The molecule has 0 rings (SSSR count). The van der Waals surface area contributed by atoms with Crippen LogP contribution < -0.4 is 0 Å². The van der Waals surface area contributed by atoms with Crippen molar-refractivity contribution in [3.8, 4) is 0 Å². The number of nitrogens with zero attached hydrogens (tertiary/aromatic N) is 1. The fourth-order valence-electron chi connectivity index (χ4n) is 5.48. The van der Waals surface area contributed by atoms with E-state index in [1.165, 1.54) is 103 Å². The topological polar surface area (TPSA) is 76.1 Å². The van der Waals surface area contributed by atoms with Crippen LogP contribution in [-0.2, 0) is 19.1 Å². The Balaban J connectivity index is -0.00000192. The molecule has 0 bridgehead atoms. The minimum atomic E-state index is -0.0361. The molecular weight excluding hydrogens is 622 g/mol. The zero-order valence-corrected chi connectivity index (χ0v) is 35.1. The lowest BCUT2D eigenvalue weighted by atomic mass is 10.0. The maximum atomic E-state index is 12.2. The molecule has 6 nitrogen and oxygen atoms in total. The molecule has 6 heteroatoms. The average molecular weight is 714 g/mol. The number of carbonyl (C=O) groups is 2. The molecule has 0 saturated carbocycles. The molecule has 0 aromatic heterocycles. The Morgan fingerprint density at radius 2 is 0.880 bits per heavy atom. The van der Waals surface area contributed by atoms with Gasteiger partial charge in [-0.15, -0.1) is 0 Å². The Labute approximate surface area is 314 Å². The summed E-state index contributed by atoms with van der Waals surface area (Å²) in [6.07, 6.45) is 32.2. The van der Waals surface area contributed by atoms with E-state index in [1.54, 1.807) is 0 Å². The van der Waals surface area contributed by atoms with Gasteiger partial charge >= 0.3 is 11.9 Å². The molecule has 0 aromatic rings. The van der Waals surface area contributed by atoms with Crippen LogP contribution in [0.2, 0.25) is 0 Å². The van der Waals surface area contributed by atoms with Crippen molar-refractivity contribution in [1.29, 1.82) is 0 Å². The first-order valence-corrected chi connectivity index (χ1v) is 22.0. The first kappa shape index (κ1) is 53.2. The van der Waals surface area contributed by atoms with Crippen molar-refractivity contribution in [2.75, 3.05) is 39.5 Å². The highest BCUT2D eigenvalue weighted by Crippen LogP contribution is 2.14. The summed E-state index contributed by atoms with van der Waals surface area (Å²) in [5.41, 5.74) is 0. The van der Waals surface area contributed by atoms with E-state index in [4.69, 9.17) is 14.6 Å². The van der Waals surface area contributed by atoms with Gasteiger partial charge in [-0.2, -0.15) is 0 Å². The van der Waals surface area contributed by atoms with E-state index in [-0.39, 0.29) is 24.5 Å². The van der Waals surface area contributed by atoms with Crippen molar-refractivity contribution < 1.29 is 24.2 Å². The standard InChI is InChI=1S/C34H67NO5.C6H14.C4H10/c1-4-6-8-10-16-24-32(3)34(38)40-31-23-14-12-19-27-35(28-20-15-21-29-36)26-18-11-13-22-30-39-33(37)25-17-9-7-5-2;1-3-5-6-4-2;1-3-4-2/h32,36H,4-31H2,1-3H3;3-6H2,1-2H3;3-4H2,1-2H3. The van der Waals surface area contributed by atoms with Crippen LogP contribution >= 0.6 is 0 Å². The first-order chi connectivity index (χ1) is 24.4. The zero-order valence-electron chi connectivity index (χ0n) is 35.1. The molecule has 0 amide bonds. The van der Waals surface area contributed by atoms with E-state index >= 15 is 0 Å². The van der Waals surface area contributed by atoms with Crippen LogP contribution in [0.5, 0.6) is 0 Å². The number of hydrogen-bond donors (Lipinski definition) is 1. The third-order valence-electron chi connectivity index (χ3n) is 9.21. The van der Waals surface area contributed by atoms with Crippen molar-refractivity contribution in [1.82, 2.24) is 4.90 Å². The largest absolute Gasteiger partial charge is 0.466 e. The van der Waals surface area contributed by atoms with Crippen LogP contribution in [0.3, 0.4) is 0 Å². The lowest BCUT2D eigenvalue weighted by Gasteiger charge is -2.22. The minimum Gasteiger partial charge on any atom is -0.466 e. The van der Waals surface area contributed by atoms with Crippen LogP contribution in [-0.4, -0.2) is 61.4 Å². The summed E-state index contributed by atoms with van der Waals surface area (Å²) < 4.78 is 10.9. The maximum absolute atomic E-state index is 12.2. The Morgan fingerprint density at radius 3 is 1.36 bits per heavy atom. The quantitative estimate of drug-likeness (QED) is 0.0520. The number of unbranched alkanes of at least 4 members (excludes halogenated alkanes) is 19. The fraction of sp³-hybridized carbons (Fsp3) is 0.955. The van der Waals surface area contributed by atoms with Gasteiger partial charge in [-0.1, -0.05) is 164 Å². The molecule has 0 aromatic carbocycles. The van der Waals surface area contributed by atoms with E-state index < -0.39 is 0 Å². The van der Waals surface area contributed by atoms with Crippen molar-refractivity contribution >= 4 is 11.9 Å². The fourth-order valence-corrected chi connectivity index (χ4v) is 5.48. The third kappa shape index (κ3) is 46.9. The highest BCUT2D eigenvalue weighted by molar-refractivity contribution is 5.71. The Morgan fingerprint density at radius 1 is 0.480 bits per heavy atom. The zero-order chi connectivity index (χ0) is 37.8. The number of aliphatic hydroxyl groups excluding tert-OH is 1. The molecular formula is C44H91NO5. The summed E-state index contributed by atoms with van der Waals surface area (Å²) in [6, 6.07) is 0. The first-order valence-electron chi connectivity index (χ1n) is 22.0. The highest BCUT2D eigenvalue weighted by atomic mass is 16.5. The predicted molar refractivity (Wildman–Crippen MR) is 218 cm³/mol. The molecule has 0 heterocycles. The minimum absolute atomic E-state index is 0.0230. The van der Waals surface area contributed by atoms with E-state index in [0.717, 1.165) is 90.3 Å². The lowest BCUT2D eigenvalue weighted by Crippen LogP contribution is -2.27. The normalized spacial score (nSPS) is 11.4. The van der Waals surface area contributed by atoms with Gasteiger partial charge < -0.3 is 19.5 Å². The summed E-state index contributed by atoms with van der Waals surface area (Å²) in [4.78, 5) is 26.5. The van der Waals surface area contributed by atoms with Gasteiger partial charge in [0.25, 0.3) is 0 Å². The molecule has 1 unspecified atom stereocenters. The van der Waals surface area contributed by atoms with Crippen molar-refractivity contribution in [2.45, 2.75) is 228 Å². The van der Waals surface area contributed by atoms with Gasteiger partial charge in [0, 0.05) is 13.0 Å². The summed E-state index contributed by atoms with van der Waals surface area (Å²) >= 11 is 0. The number of carbonyl (C=O) groups excluding carboxylic acids is 2. The number of hydrogen-bond acceptors (Lipinski definition) is 6. The summed E-state index contributed by atoms with van der Waals surface area (Å²) in [6.45, 7) is 20.0. The molecule has 50 heavy (non-hydrogen) atoms. The van der Waals surface area contributed by atoms with Gasteiger partial charge in [0.05, 0.1) is 19.1 Å². The summed E-state index contributed by atoms with van der Waals surface area (Å²) in [7, 11) is 0. The predicted octanol–water partition coefficient (Wildman–Crippen LogP) is 13.0. The number of ether oxygens (including phenoxy) is 2. The van der Waals surface area contributed by atoms with E-state index in [0.29, 0.717) is 19.6 Å². The van der Waals surface area contributed by atoms with Crippen molar-refractivity contribution in [3.63, 3.8) is 0 Å². The lowest BCUT2D eigenvalue weighted by molar-refractivity contribution is -0.148. The highest BCUT2D eigenvalue weighted by Gasteiger charge is 2.13. The van der Waals surface area contributed by atoms with Gasteiger partial charge in [0.15, 0.2) is 0 Å². The van der Waals surface area contributed by atoms with Crippen molar-refractivity contribution in [2.24, 2.45) is 5.92 Å². The SMILES string of the molecule is CCCC.CCCCCC.CCCCCCCC(C)C(=O)OCCCCCCN(CCCCCO)CCCCCCOC(=O)CCCCCC. The van der Waals surface area contributed by atoms with Gasteiger partial charge in [0.1, 0.15) is 0 Å². The van der Waals surface area contributed by atoms with Crippen LogP contribution in [0.15, 0.2) is 0 Å². The van der Waals surface area contributed by atoms with Crippen LogP contribution in [0.4, 0.5) is 0 Å². The second-order valence-corrected chi connectivity index (χ2v) is 14.5. The Kier molecular flexibility index (Phi) is 50.9. The second kappa shape index (κ2) is 47.9. The van der Waals surface area contributed by atoms with Crippen LogP contribution in [0, 0.1) is 5.92 Å². The van der Waals surface area contributed by atoms with Gasteiger partial charge in [-0.05, 0) is 77.4 Å². The van der Waals surface area contributed by atoms with E-state index in [2.05, 4.69) is 46.4 Å².